The summed E-state index contributed by atoms with van der Waals surface area (Å²) in [5, 5.41) is -0.255. The van der Waals surface area contributed by atoms with Crippen molar-refractivity contribution in [1.82, 2.24) is 9.29 Å². The van der Waals surface area contributed by atoms with E-state index in [0.717, 1.165) is 0 Å². The average molecular weight is 482 g/mol. The van der Waals surface area contributed by atoms with Crippen LogP contribution in [0.5, 0.6) is 5.75 Å². The molecular weight excluding hydrogens is 461 g/mol. The molecule has 0 aliphatic heterocycles. The van der Waals surface area contributed by atoms with Gasteiger partial charge in [0, 0.05) is 13.1 Å². The summed E-state index contributed by atoms with van der Waals surface area (Å²) in [6.45, 7) is 5.91. The smallest absolute Gasteiger partial charge is 0.264 e. The van der Waals surface area contributed by atoms with E-state index in [0.29, 0.717) is 0 Å². The van der Waals surface area contributed by atoms with Gasteiger partial charge in [0.2, 0.25) is 10.0 Å². The lowest BCUT2D eigenvalue weighted by Gasteiger charge is -2.21. The van der Waals surface area contributed by atoms with Gasteiger partial charge in [-0.3, -0.25) is 4.72 Å². The summed E-state index contributed by atoms with van der Waals surface area (Å²) in [7, 11) is -8.02. The largest absolute Gasteiger partial charge is 0.492 e. The SMILES string of the molecule is CCOc1ccc(NS(=O)(=O)c2ccc(Cl)nc2Cl)cc1S(=O)(=O)N(CC)CC. The van der Waals surface area contributed by atoms with Crippen LogP contribution < -0.4 is 9.46 Å². The minimum absolute atomic E-state index is 0.0326. The highest BCUT2D eigenvalue weighted by atomic mass is 35.5. The second kappa shape index (κ2) is 9.48. The zero-order valence-corrected chi connectivity index (χ0v) is 19.2. The van der Waals surface area contributed by atoms with E-state index in [1.54, 1.807) is 20.8 Å². The molecule has 8 nitrogen and oxygen atoms in total. The molecule has 160 valence electrons. The maximum atomic E-state index is 13.0. The monoisotopic (exact) mass is 481 g/mol. The number of nitrogens with zero attached hydrogens (tertiary/aromatic N) is 2. The Kier molecular flexibility index (Phi) is 7.74. The van der Waals surface area contributed by atoms with Gasteiger partial charge in [0.05, 0.1) is 12.3 Å². The Labute approximate surface area is 180 Å². The Bertz CT molecular complexity index is 1090. The molecule has 2 aromatic rings. The van der Waals surface area contributed by atoms with Gasteiger partial charge < -0.3 is 4.74 Å². The predicted octanol–water partition coefficient (Wildman–Crippen LogP) is 3.62. The second-order valence-corrected chi connectivity index (χ2v) is 10.0. The van der Waals surface area contributed by atoms with Gasteiger partial charge in [-0.15, -0.1) is 0 Å². The molecule has 0 atom stereocenters. The van der Waals surface area contributed by atoms with Gasteiger partial charge in [-0.25, -0.2) is 21.8 Å². The Morgan fingerprint density at radius 2 is 1.66 bits per heavy atom. The number of hydrogen-bond acceptors (Lipinski definition) is 6. The molecule has 0 amide bonds. The van der Waals surface area contributed by atoms with Crippen molar-refractivity contribution in [3.8, 4) is 5.75 Å². The maximum absolute atomic E-state index is 13.0. The third-order valence-electron chi connectivity index (χ3n) is 3.89. The number of hydrogen-bond donors (Lipinski definition) is 1. The van der Waals surface area contributed by atoms with E-state index in [2.05, 4.69) is 9.71 Å². The van der Waals surface area contributed by atoms with Crippen LogP contribution in [0.2, 0.25) is 10.3 Å². The van der Waals surface area contributed by atoms with Crippen molar-refractivity contribution < 1.29 is 21.6 Å². The number of benzene rings is 1. The zero-order valence-electron chi connectivity index (χ0n) is 16.0. The molecule has 29 heavy (non-hydrogen) atoms. The van der Waals surface area contributed by atoms with Crippen molar-refractivity contribution >= 4 is 48.9 Å². The van der Waals surface area contributed by atoms with Crippen LogP contribution in [-0.2, 0) is 20.0 Å². The van der Waals surface area contributed by atoms with E-state index < -0.39 is 20.0 Å². The van der Waals surface area contributed by atoms with Crippen LogP contribution in [0.15, 0.2) is 40.1 Å². The van der Waals surface area contributed by atoms with Gasteiger partial charge >= 0.3 is 0 Å². The molecule has 0 aliphatic carbocycles. The first-order chi connectivity index (χ1) is 13.6. The molecule has 1 N–H and O–H groups in total. The summed E-state index contributed by atoms with van der Waals surface area (Å²) in [6.07, 6.45) is 0. The fourth-order valence-corrected chi connectivity index (χ4v) is 5.89. The molecule has 0 saturated carbocycles. The van der Waals surface area contributed by atoms with Crippen molar-refractivity contribution in [2.45, 2.75) is 30.6 Å². The Balaban J connectivity index is 2.52. The molecule has 1 heterocycles. The van der Waals surface area contributed by atoms with Crippen LogP contribution in [0, 0.1) is 0 Å². The molecule has 0 spiro atoms. The third kappa shape index (κ3) is 5.32. The van der Waals surface area contributed by atoms with Crippen LogP contribution in [0.4, 0.5) is 5.69 Å². The summed E-state index contributed by atoms with van der Waals surface area (Å²) in [5.74, 6) is 0.133. The molecule has 2 rings (SSSR count). The first-order valence-corrected chi connectivity index (χ1v) is 12.4. The minimum atomic E-state index is -4.13. The lowest BCUT2D eigenvalue weighted by Crippen LogP contribution is -2.31. The Morgan fingerprint density at radius 1 is 1.00 bits per heavy atom. The van der Waals surface area contributed by atoms with Crippen LogP contribution in [0.25, 0.3) is 0 Å². The zero-order chi connectivity index (χ0) is 21.8. The number of pyridine rings is 1. The van der Waals surface area contributed by atoms with Crippen molar-refractivity contribution in [2.75, 3.05) is 24.4 Å². The maximum Gasteiger partial charge on any atom is 0.264 e. The van der Waals surface area contributed by atoms with E-state index in [9.17, 15) is 16.8 Å². The fraction of sp³-hybridized carbons (Fsp3) is 0.353. The van der Waals surface area contributed by atoms with Crippen LogP contribution in [0.3, 0.4) is 0 Å². The minimum Gasteiger partial charge on any atom is -0.492 e. The van der Waals surface area contributed by atoms with Crippen molar-refractivity contribution in [3.63, 3.8) is 0 Å². The number of aromatic nitrogens is 1. The Hall–Kier alpha value is -1.59. The number of nitrogens with one attached hydrogen (secondary N) is 1. The third-order valence-corrected chi connectivity index (χ3v) is 7.98. The lowest BCUT2D eigenvalue weighted by atomic mass is 10.3. The summed E-state index contributed by atoms with van der Waals surface area (Å²) in [4.78, 5) is 3.29. The van der Waals surface area contributed by atoms with E-state index >= 15 is 0 Å². The Morgan fingerprint density at radius 3 is 2.21 bits per heavy atom. The van der Waals surface area contributed by atoms with Gasteiger partial charge in [-0.1, -0.05) is 37.0 Å². The molecular formula is C17H21Cl2N3O5S2. The summed E-state index contributed by atoms with van der Waals surface area (Å²) in [5.41, 5.74) is 0.0326. The molecule has 0 aliphatic rings. The van der Waals surface area contributed by atoms with E-state index in [-0.39, 0.29) is 51.2 Å². The highest BCUT2D eigenvalue weighted by molar-refractivity contribution is 7.92. The molecule has 0 bridgehead atoms. The molecule has 1 aromatic carbocycles. The van der Waals surface area contributed by atoms with E-state index in [4.69, 9.17) is 27.9 Å². The lowest BCUT2D eigenvalue weighted by molar-refractivity contribution is 0.329. The molecule has 1 aromatic heterocycles. The summed E-state index contributed by atoms with van der Waals surface area (Å²) >= 11 is 11.6. The quantitative estimate of drug-likeness (QED) is 0.548. The van der Waals surface area contributed by atoms with Crippen molar-refractivity contribution in [3.05, 3.63) is 40.6 Å². The number of ether oxygens (including phenoxy) is 1. The summed E-state index contributed by atoms with van der Waals surface area (Å²) < 4.78 is 60.4. The number of anilines is 1. The van der Waals surface area contributed by atoms with Gasteiger partial charge in [0.1, 0.15) is 20.7 Å². The molecule has 0 fully saturated rings. The fourth-order valence-electron chi connectivity index (χ4n) is 2.56. The second-order valence-electron chi connectivity index (χ2n) is 5.71. The molecule has 12 heteroatoms. The molecule has 0 unspecified atom stereocenters. The predicted molar refractivity (Wildman–Crippen MR) is 113 cm³/mol. The first kappa shape index (κ1) is 23.7. The van der Waals surface area contributed by atoms with Crippen molar-refractivity contribution in [1.29, 1.82) is 0 Å². The van der Waals surface area contributed by atoms with E-state index in [1.165, 1.54) is 34.6 Å². The van der Waals surface area contributed by atoms with Crippen molar-refractivity contribution in [2.24, 2.45) is 0 Å². The number of rotatable bonds is 9. The van der Waals surface area contributed by atoms with Gasteiger partial charge in [-0.05, 0) is 37.3 Å². The van der Waals surface area contributed by atoms with Gasteiger partial charge in [-0.2, -0.15) is 4.31 Å². The van der Waals surface area contributed by atoms with Crippen LogP contribution in [0.1, 0.15) is 20.8 Å². The first-order valence-electron chi connectivity index (χ1n) is 8.68. The highest BCUT2D eigenvalue weighted by Gasteiger charge is 2.27. The van der Waals surface area contributed by atoms with Gasteiger partial charge in [0.25, 0.3) is 10.0 Å². The molecule has 0 radical (unpaired) electrons. The number of halogens is 2. The topological polar surface area (TPSA) is 106 Å². The summed E-state index contributed by atoms with van der Waals surface area (Å²) in [6, 6.07) is 6.52. The van der Waals surface area contributed by atoms with Crippen LogP contribution in [-0.4, -0.2) is 45.8 Å². The highest BCUT2D eigenvalue weighted by Crippen LogP contribution is 2.31. The number of sulfonamides is 2. The van der Waals surface area contributed by atoms with E-state index in [1.807, 2.05) is 0 Å². The normalized spacial score (nSPS) is 12.2. The van der Waals surface area contributed by atoms with Gasteiger partial charge in [0.15, 0.2) is 5.15 Å². The molecule has 0 saturated heterocycles. The van der Waals surface area contributed by atoms with Crippen LogP contribution >= 0.6 is 23.2 Å². The standard InChI is InChI=1S/C17H21Cl2N3O5S2/c1-4-22(5-2)29(25,26)15-11-12(7-8-13(15)27-6-3)21-28(23,24)14-9-10-16(18)20-17(14)19/h7-11,21H,4-6H2,1-3H3. The average Bonchev–Trinajstić information content (AvgIpc) is 2.63.